The van der Waals surface area contributed by atoms with Gasteiger partial charge in [0.2, 0.25) is 0 Å². The van der Waals surface area contributed by atoms with Crippen molar-refractivity contribution in [2.45, 2.75) is 18.9 Å². The van der Waals surface area contributed by atoms with Gasteiger partial charge in [0.25, 0.3) is 0 Å². The van der Waals surface area contributed by atoms with E-state index in [0.717, 1.165) is 11.4 Å². The highest BCUT2D eigenvalue weighted by molar-refractivity contribution is 5.88. The number of amides is 1. The number of halogens is 2. The van der Waals surface area contributed by atoms with Crippen LogP contribution in [0, 0.1) is 23.0 Å². The third kappa shape index (κ3) is 4.06. The Hall–Kier alpha value is -4.32. The number of piperidine rings is 1. The number of rotatable bonds is 3. The Balaban J connectivity index is 1.36. The standard InChI is InChI=1S/C25H20F2N6O/c26-18-2-6-20(7-3-18)32(21-8-4-19(27)5-9-21)22-11-13-31(14-12-22)25(34)33-24-10-1-17(16-28)15-23(24)29-30-33/h1-10,15,22H,11-14H2. The Labute approximate surface area is 194 Å². The average molecular weight is 458 g/mol. The number of nitrogens with zero attached hydrogens (tertiary/aromatic N) is 6. The summed E-state index contributed by atoms with van der Waals surface area (Å²) in [5, 5.41) is 17.1. The van der Waals surface area contributed by atoms with Crippen molar-refractivity contribution in [1.29, 1.82) is 5.26 Å². The SMILES string of the molecule is N#Cc1ccc2c(c1)nnn2C(=O)N1CCC(N(c2ccc(F)cc2)c2ccc(F)cc2)CC1. The fourth-order valence-electron chi connectivity index (χ4n) is 4.36. The number of hydrogen-bond donors (Lipinski definition) is 0. The van der Waals surface area contributed by atoms with Gasteiger partial charge in [0.05, 0.1) is 17.1 Å². The van der Waals surface area contributed by atoms with E-state index in [0.29, 0.717) is 42.5 Å². The molecule has 0 unspecified atom stereocenters. The minimum atomic E-state index is -0.329. The molecule has 1 aliphatic heterocycles. The Morgan fingerprint density at radius 2 is 1.53 bits per heavy atom. The highest BCUT2D eigenvalue weighted by atomic mass is 19.1. The fraction of sp³-hybridized carbons (Fsp3) is 0.200. The molecule has 5 rings (SSSR count). The smallest absolute Gasteiger partial charge is 0.338 e. The van der Waals surface area contributed by atoms with E-state index in [1.807, 2.05) is 0 Å². The largest absolute Gasteiger partial charge is 0.346 e. The molecule has 34 heavy (non-hydrogen) atoms. The van der Waals surface area contributed by atoms with Crippen molar-refractivity contribution in [3.05, 3.63) is 83.9 Å². The quantitative estimate of drug-likeness (QED) is 0.439. The van der Waals surface area contributed by atoms with Crippen LogP contribution in [0.25, 0.3) is 11.0 Å². The zero-order valence-corrected chi connectivity index (χ0v) is 18.1. The maximum absolute atomic E-state index is 13.5. The lowest BCUT2D eigenvalue weighted by Crippen LogP contribution is -2.47. The van der Waals surface area contributed by atoms with Crippen LogP contribution in [-0.2, 0) is 0 Å². The summed E-state index contributed by atoms with van der Waals surface area (Å²) in [6, 6.07) is 19.1. The maximum Gasteiger partial charge on any atom is 0.346 e. The second-order valence-corrected chi connectivity index (χ2v) is 8.14. The normalized spacial score (nSPS) is 14.2. The molecule has 0 atom stereocenters. The van der Waals surface area contributed by atoms with Gasteiger partial charge in [-0.2, -0.15) is 9.94 Å². The van der Waals surface area contributed by atoms with Gasteiger partial charge in [0.1, 0.15) is 17.2 Å². The summed E-state index contributed by atoms with van der Waals surface area (Å²) in [6.45, 7) is 0.972. The van der Waals surface area contributed by atoms with Crippen LogP contribution >= 0.6 is 0 Å². The lowest BCUT2D eigenvalue weighted by molar-refractivity contribution is 0.180. The van der Waals surface area contributed by atoms with Crippen LogP contribution in [0.1, 0.15) is 18.4 Å². The summed E-state index contributed by atoms with van der Waals surface area (Å²) < 4.78 is 28.3. The Morgan fingerprint density at radius 3 is 2.09 bits per heavy atom. The van der Waals surface area contributed by atoms with Crippen molar-refractivity contribution in [2.75, 3.05) is 18.0 Å². The van der Waals surface area contributed by atoms with E-state index < -0.39 is 0 Å². The minimum absolute atomic E-state index is 0.0330. The third-order valence-electron chi connectivity index (χ3n) is 6.07. The molecule has 2 heterocycles. The van der Waals surface area contributed by atoms with E-state index >= 15 is 0 Å². The number of benzene rings is 3. The fourth-order valence-corrected chi connectivity index (χ4v) is 4.36. The molecule has 4 aromatic rings. The molecule has 1 fully saturated rings. The zero-order valence-electron chi connectivity index (χ0n) is 18.1. The molecule has 7 nitrogen and oxygen atoms in total. The van der Waals surface area contributed by atoms with Gasteiger partial charge in [-0.1, -0.05) is 5.21 Å². The molecule has 0 aliphatic carbocycles. The van der Waals surface area contributed by atoms with Crippen molar-refractivity contribution in [2.24, 2.45) is 0 Å². The first-order chi connectivity index (χ1) is 16.5. The van der Waals surface area contributed by atoms with Gasteiger partial charge >= 0.3 is 6.03 Å². The first kappa shape index (κ1) is 21.5. The molecule has 0 bridgehead atoms. The lowest BCUT2D eigenvalue weighted by Gasteiger charge is -2.39. The Morgan fingerprint density at radius 1 is 0.941 bits per heavy atom. The summed E-state index contributed by atoms with van der Waals surface area (Å²) in [7, 11) is 0. The Kier molecular flexibility index (Phi) is 5.64. The predicted molar refractivity (Wildman–Crippen MR) is 123 cm³/mol. The van der Waals surface area contributed by atoms with Crippen LogP contribution in [0.5, 0.6) is 0 Å². The van der Waals surface area contributed by atoms with E-state index in [1.54, 1.807) is 47.4 Å². The Bertz CT molecular complexity index is 1320. The molecule has 1 saturated heterocycles. The van der Waals surface area contributed by atoms with Crippen LogP contribution < -0.4 is 4.90 Å². The lowest BCUT2D eigenvalue weighted by atomic mass is 10.0. The summed E-state index contributed by atoms with van der Waals surface area (Å²) >= 11 is 0. The predicted octanol–water partition coefficient (Wildman–Crippen LogP) is 4.85. The van der Waals surface area contributed by atoms with Crippen LogP contribution in [0.4, 0.5) is 25.0 Å². The van der Waals surface area contributed by atoms with Crippen molar-refractivity contribution < 1.29 is 13.6 Å². The number of anilines is 2. The monoisotopic (exact) mass is 458 g/mol. The van der Waals surface area contributed by atoms with Gasteiger partial charge in [0.15, 0.2) is 0 Å². The van der Waals surface area contributed by atoms with Gasteiger partial charge in [-0.25, -0.2) is 13.6 Å². The molecule has 170 valence electrons. The van der Waals surface area contributed by atoms with E-state index in [2.05, 4.69) is 21.3 Å². The van der Waals surface area contributed by atoms with Gasteiger partial charge in [-0.3, -0.25) is 0 Å². The topological polar surface area (TPSA) is 78.0 Å². The van der Waals surface area contributed by atoms with Crippen LogP contribution in [0.15, 0.2) is 66.7 Å². The van der Waals surface area contributed by atoms with E-state index in [9.17, 15) is 13.6 Å². The molecule has 1 aromatic heterocycles. The first-order valence-corrected chi connectivity index (χ1v) is 10.9. The van der Waals surface area contributed by atoms with Crippen molar-refractivity contribution >= 4 is 28.4 Å². The average Bonchev–Trinajstić information content (AvgIpc) is 3.29. The van der Waals surface area contributed by atoms with Crippen LogP contribution in [-0.4, -0.2) is 45.1 Å². The minimum Gasteiger partial charge on any atom is -0.338 e. The number of nitriles is 1. The second kappa shape index (κ2) is 8.90. The van der Waals surface area contributed by atoms with E-state index in [1.165, 1.54) is 28.9 Å². The molecular formula is C25H20F2N6O. The molecule has 1 amide bonds. The summed E-state index contributed by atoms with van der Waals surface area (Å²) in [4.78, 5) is 16.9. The van der Waals surface area contributed by atoms with Crippen LogP contribution in [0.2, 0.25) is 0 Å². The van der Waals surface area contributed by atoms with Crippen LogP contribution in [0.3, 0.4) is 0 Å². The molecule has 9 heteroatoms. The molecular weight excluding hydrogens is 438 g/mol. The molecule has 0 N–H and O–H groups in total. The second-order valence-electron chi connectivity index (χ2n) is 8.14. The molecule has 1 aliphatic rings. The van der Waals surface area contributed by atoms with Crippen molar-refractivity contribution in [3.63, 3.8) is 0 Å². The summed E-state index contributed by atoms with van der Waals surface area (Å²) in [5.41, 5.74) is 3.09. The summed E-state index contributed by atoms with van der Waals surface area (Å²) in [6.07, 6.45) is 1.32. The summed E-state index contributed by atoms with van der Waals surface area (Å²) in [5.74, 6) is -0.657. The van der Waals surface area contributed by atoms with Gasteiger partial charge in [0, 0.05) is 30.5 Å². The number of likely N-dealkylation sites (tertiary alicyclic amines) is 1. The van der Waals surface area contributed by atoms with E-state index in [-0.39, 0.29) is 23.7 Å². The molecule has 3 aromatic carbocycles. The van der Waals surface area contributed by atoms with E-state index in [4.69, 9.17) is 5.26 Å². The highest BCUT2D eigenvalue weighted by Crippen LogP contribution is 2.32. The number of hydrogen-bond acceptors (Lipinski definition) is 5. The first-order valence-electron chi connectivity index (χ1n) is 10.9. The number of aromatic nitrogens is 3. The van der Waals surface area contributed by atoms with Gasteiger partial charge in [-0.05, 0) is 79.6 Å². The number of carbonyl (C=O) groups is 1. The van der Waals surface area contributed by atoms with Gasteiger partial charge < -0.3 is 9.80 Å². The molecule has 0 spiro atoms. The van der Waals surface area contributed by atoms with Crippen molar-refractivity contribution in [3.8, 4) is 6.07 Å². The third-order valence-corrected chi connectivity index (χ3v) is 6.07. The van der Waals surface area contributed by atoms with Gasteiger partial charge in [-0.15, -0.1) is 5.10 Å². The maximum atomic E-state index is 13.5. The van der Waals surface area contributed by atoms with Crippen molar-refractivity contribution in [1.82, 2.24) is 19.9 Å². The molecule has 0 saturated carbocycles. The highest BCUT2D eigenvalue weighted by Gasteiger charge is 2.30. The number of fused-ring (bicyclic) bond motifs is 1. The number of carbonyl (C=O) groups excluding carboxylic acids is 1. The molecule has 0 radical (unpaired) electrons. The zero-order chi connectivity index (χ0) is 23.7.